The Bertz CT molecular complexity index is 640. The maximum Gasteiger partial charge on any atom is 0.233 e. The summed E-state index contributed by atoms with van der Waals surface area (Å²) in [6.45, 7) is 1.34. The van der Waals surface area contributed by atoms with Gasteiger partial charge in [-0.2, -0.15) is 4.98 Å². The number of aliphatic imine (C=N–C) groups is 1. The van der Waals surface area contributed by atoms with Gasteiger partial charge in [-0.1, -0.05) is 23.5 Å². The van der Waals surface area contributed by atoms with E-state index < -0.39 is 5.82 Å². The number of halogens is 1. The molecule has 1 aromatic carbocycles. The van der Waals surface area contributed by atoms with Gasteiger partial charge in [-0.3, -0.25) is 9.79 Å². The molecule has 0 unspecified atom stereocenters. The molecule has 2 aromatic rings. The third-order valence-electron chi connectivity index (χ3n) is 2.09. The van der Waals surface area contributed by atoms with Gasteiger partial charge in [0.25, 0.3) is 0 Å². The van der Waals surface area contributed by atoms with Crippen molar-refractivity contribution in [3.63, 3.8) is 0 Å². The molecule has 1 aromatic heterocycles. The SMILES string of the molecule is CC(=O)Nc1nc(O)c(C=Nc2ccccc2F)s1. The van der Waals surface area contributed by atoms with Crippen LogP contribution in [0.1, 0.15) is 11.8 Å². The number of aromatic nitrogens is 1. The van der Waals surface area contributed by atoms with Crippen molar-refractivity contribution in [2.45, 2.75) is 6.92 Å². The summed E-state index contributed by atoms with van der Waals surface area (Å²) in [4.78, 5) is 18.9. The fraction of sp³-hybridized carbons (Fsp3) is 0.0833. The summed E-state index contributed by atoms with van der Waals surface area (Å²) in [6, 6.07) is 6.03. The molecule has 0 aliphatic rings. The van der Waals surface area contributed by atoms with Crippen molar-refractivity contribution in [2.75, 3.05) is 5.32 Å². The molecule has 2 rings (SSSR count). The lowest BCUT2D eigenvalue weighted by Gasteiger charge is -1.94. The second-order valence-corrected chi connectivity index (χ2v) is 4.63. The first-order valence-corrected chi connectivity index (χ1v) is 6.14. The quantitative estimate of drug-likeness (QED) is 0.848. The number of hydrogen-bond acceptors (Lipinski definition) is 5. The van der Waals surface area contributed by atoms with Crippen LogP contribution in [0.4, 0.5) is 15.2 Å². The molecule has 2 N–H and O–H groups in total. The van der Waals surface area contributed by atoms with Crippen LogP contribution in [-0.4, -0.2) is 22.2 Å². The molecule has 98 valence electrons. The largest absolute Gasteiger partial charge is 0.492 e. The average Bonchev–Trinajstić information content (AvgIpc) is 2.67. The first kappa shape index (κ1) is 13.2. The molecule has 1 amide bonds. The van der Waals surface area contributed by atoms with Gasteiger partial charge in [0.2, 0.25) is 11.8 Å². The number of hydrogen-bond donors (Lipinski definition) is 2. The predicted molar refractivity (Wildman–Crippen MR) is 71.7 cm³/mol. The number of rotatable bonds is 3. The minimum absolute atomic E-state index is 0.163. The van der Waals surface area contributed by atoms with Crippen LogP contribution in [0.2, 0.25) is 0 Å². The lowest BCUT2D eigenvalue weighted by Crippen LogP contribution is -2.04. The van der Waals surface area contributed by atoms with Crippen molar-refractivity contribution in [1.29, 1.82) is 0 Å². The van der Waals surface area contributed by atoms with E-state index in [0.717, 1.165) is 11.3 Å². The van der Waals surface area contributed by atoms with E-state index in [1.54, 1.807) is 12.1 Å². The van der Waals surface area contributed by atoms with E-state index in [1.165, 1.54) is 25.3 Å². The van der Waals surface area contributed by atoms with Crippen LogP contribution >= 0.6 is 11.3 Å². The molecule has 0 aliphatic heterocycles. The first-order valence-electron chi connectivity index (χ1n) is 5.32. The summed E-state index contributed by atoms with van der Waals surface area (Å²) in [5.41, 5.74) is 0.163. The Labute approximate surface area is 112 Å². The Kier molecular flexibility index (Phi) is 3.86. The van der Waals surface area contributed by atoms with E-state index in [2.05, 4.69) is 15.3 Å². The van der Waals surface area contributed by atoms with Gasteiger partial charge in [-0.25, -0.2) is 4.39 Å². The second kappa shape index (κ2) is 5.57. The number of nitrogens with one attached hydrogen (secondary N) is 1. The maximum atomic E-state index is 13.3. The van der Waals surface area contributed by atoms with Crippen LogP contribution in [0, 0.1) is 5.82 Å². The van der Waals surface area contributed by atoms with Crippen LogP contribution < -0.4 is 5.32 Å². The van der Waals surface area contributed by atoms with Gasteiger partial charge in [0.1, 0.15) is 10.7 Å². The molecule has 5 nitrogen and oxygen atoms in total. The number of amides is 1. The monoisotopic (exact) mass is 279 g/mol. The minimum Gasteiger partial charge on any atom is -0.492 e. The lowest BCUT2D eigenvalue weighted by molar-refractivity contribution is -0.114. The zero-order valence-corrected chi connectivity index (χ0v) is 10.7. The van der Waals surface area contributed by atoms with Gasteiger partial charge < -0.3 is 10.4 Å². The number of thiazole rings is 1. The van der Waals surface area contributed by atoms with E-state index in [4.69, 9.17) is 0 Å². The lowest BCUT2D eigenvalue weighted by atomic mass is 10.3. The third kappa shape index (κ3) is 3.35. The fourth-order valence-corrected chi connectivity index (χ4v) is 2.07. The van der Waals surface area contributed by atoms with E-state index >= 15 is 0 Å². The number of anilines is 1. The van der Waals surface area contributed by atoms with E-state index in [9.17, 15) is 14.3 Å². The Balaban J connectivity index is 2.21. The molecule has 19 heavy (non-hydrogen) atoms. The number of benzene rings is 1. The summed E-state index contributed by atoms with van der Waals surface area (Å²) < 4.78 is 13.3. The van der Waals surface area contributed by atoms with Gasteiger partial charge in [0.15, 0.2) is 5.13 Å². The van der Waals surface area contributed by atoms with Crippen LogP contribution in [0.5, 0.6) is 5.88 Å². The molecule has 0 saturated carbocycles. The van der Waals surface area contributed by atoms with Crippen LogP contribution in [0.3, 0.4) is 0 Å². The second-order valence-electron chi connectivity index (χ2n) is 3.60. The van der Waals surface area contributed by atoms with Gasteiger partial charge in [-0.05, 0) is 12.1 Å². The van der Waals surface area contributed by atoms with E-state index in [-0.39, 0.29) is 22.6 Å². The molecule has 0 atom stereocenters. The number of carbonyl (C=O) groups is 1. The molecule has 0 fully saturated rings. The molecule has 7 heteroatoms. The van der Waals surface area contributed by atoms with Crippen LogP contribution in [0.15, 0.2) is 29.3 Å². The average molecular weight is 279 g/mol. The highest BCUT2D eigenvalue weighted by atomic mass is 32.1. The first-order chi connectivity index (χ1) is 9.06. The highest BCUT2D eigenvalue weighted by Crippen LogP contribution is 2.27. The summed E-state index contributed by atoms with van der Waals surface area (Å²) in [5, 5.41) is 12.3. The molecular weight excluding hydrogens is 269 g/mol. The predicted octanol–water partition coefficient (Wildman–Crippen LogP) is 2.70. The smallest absolute Gasteiger partial charge is 0.233 e. The fourth-order valence-electron chi connectivity index (χ4n) is 1.30. The molecule has 0 bridgehead atoms. The van der Waals surface area contributed by atoms with Gasteiger partial charge in [-0.15, -0.1) is 0 Å². The molecular formula is C12H10FN3O2S. The number of aromatic hydroxyl groups is 1. The molecule has 0 aliphatic carbocycles. The van der Waals surface area contributed by atoms with Gasteiger partial charge in [0.05, 0.1) is 11.9 Å². The van der Waals surface area contributed by atoms with Crippen molar-refractivity contribution < 1.29 is 14.3 Å². The zero-order chi connectivity index (χ0) is 13.8. The molecule has 0 spiro atoms. The van der Waals surface area contributed by atoms with Crippen molar-refractivity contribution in [3.05, 3.63) is 35.0 Å². The molecule has 0 radical (unpaired) electrons. The maximum absolute atomic E-state index is 13.3. The molecule has 1 heterocycles. The van der Waals surface area contributed by atoms with Gasteiger partial charge >= 0.3 is 0 Å². The van der Waals surface area contributed by atoms with Crippen molar-refractivity contribution >= 4 is 34.3 Å². The third-order valence-corrected chi connectivity index (χ3v) is 2.99. The Morgan fingerprint density at radius 1 is 1.53 bits per heavy atom. The van der Waals surface area contributed by atoms with Crippen molar-refractivity contribution in [2.24, 2.45) is 4.99 Å². The van der Waals surface area contributed by atoms with Crippen molar-refractivity contribution in [3.8, 4) is 5.88 Å². The Morgan fingerprint density at radius 3 is 2.95 bits per heavy atom. The van der Waals surface area contributed by atoms with E-state index in [1.807, 2.05) is 0 Å². The Hall–Kier alpha value is -2.28. The van der Waals surface area contributed by atoms with Crippen LogP contribution in [0.25, 0.3) is 0 Å². The highest BCUT2D eigenvalue weighted by molar-refractivity contribution is 7.17. The minimum atomic E-state index is -0.454. The van der Waals surface area contributed by atoms with Crippen LogP contribution in [-0.2, 0) is 4.79 Å². The topological polar surface area (TPSA) is 74.6 Å². The number of carbonyl (C=O) groups excluding carboxylic acids is 1. The molecule has 0 saturated heterocycles. The standard InChI is InChI=1S/C12H10FN3O2S/c1-7(17)15-12-16-11(18)10(19-12)6-14-9-5-3-2-4-8(9)13/h2-6,18H,1H3,(H,15,16,17). The Morgan fingerprint density at radius 2 is 2.26 bits per heavy atom. The number of nitrogens with zero attached hydrogens (tertiary/aromatic N) is 2. The van der Waals surface area contributed by atoms with Gasteiger partial charge in [0, 0.05) is 6.92 Å². The summed E-state index contributed by atoms with van der Waals surface area (Å²) in [6.07, 6.45) is 1.30. The highest BCUT2D eigenvalue weighted by Gasteiger charge is 2.09. The van der Waals surface area contributed by atoms with Crippen molar-refractivity contribution in [1.82, 2.24) is 4.98 Å². The summed E-state index contributed by atoms with van der Waals surface area (Å²) >= 11 is 1.05. The number of para-hydroxylation sites is 1. The van der Waals surface area contributed by atoms with E-state index in [0.29, 0.717) is 4.88 Å². The normalized spacial score (nSPS) is 10.8. The zero-order valence-electron chi connectivity index (χ0n) is 9.92. The summed E-state index contributed by atoms with van der Waals surface area (Å²) in [5.74, 6) is -0.995. The summed E-state index contributed by atoms with van der Waals surface area (Å²) in [7, 11) is 0.